The molecule has 0 amide bonds. The highest BCUT2D eigenvalue weighted by atomic mass is 16.5. The molecule has 120 valence electrons. The lowest BCUT2D eigenvalue weighted by molar-refractivity contribution is 0.187. The van der Waals surface area contributed by atoms with Crippen molar-refractivity contribution >= 4 is 22.1 Å². The molecule has 4 rings (SSSR count). The number of rotatable bonds is 4. The highest BCUT2D eigenvalue weighted by Gasteiger charge is 2.12. The van der Waals surface area contributed by atoms with Gasteiger partial charge in [-0.15, -0.1) is 0 Å². The average molecular weight is 320 g/mol. The van der Waals surface area contributed by atoms with Gasteiger partial charge < -0.3 is 4.74 Å². The lowest BCUT2D eigenvalue weighted by Crippen LogP contribution is -2.19. The van der Waals surface area contributed by atoms with Gasteiger partial charge in [-0.05, 0) is 10.8 Å². The molecule has 0 saturated heterocycles. The Balaban J connectivity index is 1.87. The number of imidazole rings is 1. The summed E-state index contributed by atoms with van der Waals surface area (Å²) in [4.78, 5) is 23.9. The summed E-state index contributed by atoms with van der Waals surface area (Å²) >= 11 is 0. The van der Waals surface area contributed by atoms with Crippen LogP contribution in [0.1, 0.15) is 0 Å². The maximum Gasteiger partial charge on any atom is 0.328 e. The first-order valence-corrected chi connectivity index (χ1v) is 7.70. The van der Waals surface area contributed by atoms with Crippen LogP contribution in [0.3, 0.4) is 0 Å². The van der Waals surface area contributed by atoms with Crippen LogP contribution in [-0.2, 0) is 11.3 Å². The smallest absolute Gasteiger partial charge is 0.328 e. The highest BCUT2D eigenvalue weighted by molar-refractivity contribution is 5.96. The van der Waals surface area contributed by atoms with Gasteiger partial charge in [0, 0.05) is 12.7 Å². The molecule has 0 aliphatic carbocycles. The van der Waals surface area contributed by atoms with Crippen LogP contribution in [0.15, 0.2) is 53.5 Å². The van der Waals surface area contributed by atoms with Gasteiger partial charge in [0.05, 0.1) is 25.0 Å². The number of fused-ring (bicyclic) bond motifs is 2. The lowest BCUT2D eigenvalue weighted by atomic mass is 10.0. The average Bonchev–Trinajstić information content (AvgIpc) is 2.93. The van der Waals surface area contributed by atoms with Crippen LogP contribution in [0.2, 0.25) is 0 Å². The fraction of sp³-hybridized carbons (Fsp3) is 0.167. The summed E-state index contributed by atoms with van der Waals surface area (Å²) < 4.78 is 6.58. The molecule has 6 heteroatoms. The summed E-state index contributed by atoms with van der Waals surface area (Å²) in [6, 6.07) is 14.2. The van der Waals surface area contributed by atoms with Gasteiger partial charge in [-0.3, -0.25) is 9.55 Å². The van der Waals surface area contributed by atoms with Crippen molar-refractivity contribution in [3.8, 4) is 11.3 Å². The highest BCUT2D eigenvalue weighted by Crippen LogP contribution is 2.27. The predicted octanol–water partition coefficient (Wildman–Crippen LogP) is 2.59. The lowest BCUT2D eigenvalue weighted by Gasteiger charge is -2.06. The largest absolute Gasteiger partial charge is 0.383 e. The first-order valence-electron chi connectivity index (χ1n) is 7.70. The van der Waals surface area contributed by atoms with E-state index in [1.54, 1.807) is 17.9 Å². The zero-order chi connectivity index (χ0) is 16.5. The molecule has 0 atom stereocenters. The molecule has 2 aromatic carbocycles. The number of nitrogens with one attached hydrogen (secondary N) is 1. The van der Waals surface area contributed by atoms with Gasteiger partial charge in [-0.2, -0.15) is 0 Å². The van der Waals surface area contributed by atoms with E-state index in [2.05, 4.69) is 33.2 Å². The number of ether oxygens (including phenoxy) is 1. The minimum atomic E-state index is -0.225. The van der Waals surface area contributed by atoms with Gasteiger partial charge in [0.1, 0.15) is 0 Å². The quantitative estimate of drug-likeness (QED) is 0.627. The SMILES string of the molecule is COCCn1c(=O)[nH]c2nc(-c3cccc4ccccc34)cnc21. The Hall–Kier alpha value is -2.99. The molecule has 0 aliphatic rings. The summed E-state index contributed by atoms with van der Waals surface area (Å²) in [6.45, 7) is 0.886. The van der Waals surface area contributed by atoms with Gasteiger partial charge in [0.25, 0.3) is 0 Å². The maximum absolute atomic E-state index is 12.1. The van der Waals surface area contributed by atoms with Crippen molar-refractivity contribution in [2.75, 3.05) is 13.7 Å². The summed E-state index contributed by atoms with van der Waals surface area (Å²) in [7, 11) is 1.60. The second kappa shape index (κ2) is 5.90. The number of benzene rings is 2. The molecule has 0 unspecified atom stereocenters. The van der Waals surface area contributed by atoms with E-state index in [1.165, 1.54) is 0 Å². The van der Waals surface area contributed by atoms with E-state index < -0.39 is 0 Å². The van der Waals surface area contributed by atoms with Crippen molar-refractivity contribution in [3.63, 3.8) is 0 Å². The number of methoxy groups -OCH3 is 1. The van der Waals surface area contributed by atoms with Crippen LogP contribution in [0.25, 0.3) is 33.3 Å². The van der Waals surface area contributed by atoms with E-state index in [4.69, 9.17) is 4.74 Å². The molecule has 0 aliphatic heterocycles. The minimum absolute atomic E-state index is 0.225. The van der Waals surface area contributed by atoms with Crippen LogP contribution >= 0.6 is 0 Å². The zero-order valence-corrected chi connectivity index (χ0v) is 13.2. The normalized spacial score (nSPS) is 11.4. The molecule has 2 aromatic heterocycles. The molecule has 4 aromatic rings. The number of aromatic amines is 1. The third-order valence-electron chi connectivity index (χ3n) is 4.06. The molecule has 0 radical (unpaired) electrons. The summed E-state index contributed by atoms with van der Waals surface area (Å²) in [5.41, 5.74) is 2.53. The van der Waals surface area contributed by atoms with Crippen molar-refractivity contribution in [2.45, 2.75) is 6.54 Å². The van der Waals surface area contributed by atoms with Gasteiger partial charge >= 0.3 is 5.69 Å². The van der Waals surface area contributed by atoms with E-state index in [1.807, 2.05) is 24.3 Å². The van der Waals surface area contributed by atoms with Crippen molar-refractivity contribution in [1.29, 1.82) is 0 Å². The molecule has 0 saturated carbocycles. The number of aromatic nitrogens is 4. The predicted molar refractivity (Wildman–Crippen MR) is 93.0 cm³/mol. The van der Waals surface area contributed by atoms with Crippen molar-refractivity contribution in [1.82, 2.24) is 19.5 Å². The summed E-state index contributed by atoms with van der Waals surface area (Å²) in [6.07, 6.45) is 1.71. The number of hydrogen-bond acceptors (Lipinski definition) is 4. The van der Waals surface area contributed by atoms with Gasteiger partial charge in [0.15, 0.2) is 11.3 Å². The maximum atomic E-state index is 12.1. The fourth-order valence-electron chi connectivity index (χ4n) is 2.90. The molecule has 24 heavy (non-hydrogen) atoms. The zero-order valence-electron chi connectivity index (χ0n) is 13.2. The molecule has 6 nitrogen and oxygen atoms in total. The van der Waals surface area contributed by atoms with E-state index in [0.717, 1.165) is 22.0 Å². The Morgan fingerprint density at radius 1 is 1.17 bits per heavy atom. The second-order valence-electron chi connectivity index (χ2n) is 5.53. The van der Waals surface area contributed by atoms with Crippen LogP contribution in [0.4, 0.5) is 0 Å². The van der Waals surface area contributed by atoms with E-state index in [-0.39, 0.29) is 5.69 Å². The summed E-state index contributed by atoms with van der Waals surface area (Å²) in [5, 5.41) is 2.25. The van der Waals surface area contributed by atoms with E-state index in [9.17, 15) is 4.79 Å². The Morgan fingerprint density at radius 3 is 2.88 bits per heavy atom. The Labute approximate surface area is 137 Å². The number of nitrogens with zero attached hydrogens (tertiary/aromatic N) is 3. The first-order chi connectivity index (χ1) is 11.8. The van der Waals surface area contributed by atoms with Crippen molar-refractivity contribution in [2.24, 2.45) is 0 Å². The third kappa shape index (κ3) is 2.37. The Kier molecular flexibility index (Phi) is 3.59. The topological polar surface area (TPSA) is 72.8 Å². The van der Waals surface area contributed by atoms with Crippen LogP contribution in [0, 0.1) is 0 Å². The van der Waals surface area contributed by atoms with Gasteiger partial charge in [-0.25, -0.2) is 14.8 Å². The molecule has 0 fully saturated rings. The number of H-pyrrole nitrogens is 1. The molecule has 2 heterocycles. The third-order valence-corrected chi connectivity index (χ3v) is 4.06. The fourth-order valence-corrected chi connectivity index (χ4v) is 2.90. The second-order valence-corrected chi connectivity index (χ2v) is 5.53. The van der Waals surface area contributed by atoms with Gasteiger partial charge in [-0.1, -0.05) is 42.5 Å². The van der Waals surface area contributed by atoms with Crippen molar-refractivity contribution < 1.29 is 4.74 Å². The Morgan fingerprint density at radius 2 is 2.00 bits per heavy atom. The van der Waals surface area contributed by atoms with Crippen LogP contribution in [-0.4, -0.2) is 33.2 Å². The van der Waals surface area contributed by atoms with Gasteiger partial charge in [0.2, 0.25) is 0 Å². The number of hydrogen-bond donors (Lipinski definition) is 1. The first kappa shape index (κ1) is 14.6. The monoisotopic (exact) mass is 320 g/mol. The summed E-state index contributed by atoms with van der Waals surface area (Å²) in [5.74, 6) is 0. The molecule has 1 N–H and O–H groups in total. The van der Waals surface area contributed by atoms with Crippen molar-refractivity contribution in [3.05, 3.63) is 59.1 Å². The Bertz CT molecular complexity index is 1080. The molecular weight excluding hydrogens is 304 g/mol. The minimum Gasteiger partial charge on any atom is -0.383 e. The van der Waals surface area contributed by atoms with Crippen LogP contribution in [0.5, 0.6) is 0 Å². The standard InChI is InChI=1S/C18H16N4O2/c1-24-10-9-22-17-16(21-18(22)23)20-15(11-19-17)14-8-4-6-12-5-2-3-7-13(12)14/h2-8,11H,9-10H2,1H3,(H,20,21,23). The van der Waals surface area contributed by atoms with Crippen LogP contribution < -0.4 is 5.69 Å². The molecular formula is C18H16N4O2. The van der Waals surface area contributed by atoms with E-state index >= 15 is 0 Å². The van der Waals surface area contributed by atoms with E-state index in [0.29, 0.717) is 24.4 Å². The molecule has 0 spiro atoms. The molecule has 0 bridgehead atoms.